The van der Waals surface area contributed by atoms with Crippen LogP contribution in [0.15, 0.2) is 24.3 Å². The molecular weight excluding hydrogens is 322 g/mol. The Morgan fingerprint density at radius 1 is 1.20 bits per heavy atom. The number of rotatable bonds is 7. The van der Waals surface area contributed by atoms with E-state index in [1.54, 1.807) is 12.1 Å². The maximum Gasteiger partial charge on any atom is 0.407 e. The third kappa shape index (κ3) is 7.89. The van der Waals surface area contributed by atoms with Gasteiger partial charge in [0.2, 0.25) is 5.91 Å². The van der Waals surface area contributed by atoms with Gasteiger partial charge in [0.05, 0.1) is 12.5 Å². The van der Waals surface area contributed by atoms with E-state index in [0.717, 1.165) is 5.56 Å². The van der Waals surface area contributed by atoms with Gasteiger partial charge in [-0.2, -0.15) is 0 Å². The minimum absolute atomic E-state index is 0.124. The average Bonchev–Trinajstić information content (AvgIpc) is 2.50. The van der Waals surface area contributed by atoms with E-state index < -0.39 is 11.7 Å². The molecule has 0 aliphatic heterocycles. The quantitative estimate of drug-likeness (QED) is 0.397. The number of hydrogen-bond donors (Lipinski definition) is 3. The molecule has 0 aromatic heterocycles. The van der Waals surface area contributed by atoms with Crippen LogP contribution in [-0.4, -0.2) is 30.3 Å². The third-order valence-electron chi connectivity index (χ3n) is 3.41. The zero-order chi connectivity index (χ0) is 19.0. The monoisotopic (exact) mass is 351 g/mol. The molecule has 7 nitrogen and oxygen atoms in total. The SMILES string of the molecule is CC(C)[C@@H](COc1ccccc1CC(=O)NN)NC(=O)OC(C)(C)C. The first-order valence-corrected chi connectivity index (χ1v) is 8.32. The van der Waals surface area contributed by atoms with Crippen LogP contribution >= 0.6 is 0 Å². The number of carbonyl (C=O) groups is 2. The van der Waals surface area contributed by atoms with Crippen molar-refractivity contribution in [1.82, 2.24) is 10.7 Å². The second-order valence-electron chi connectivity index (χ2n) is 7.16. The molecule has 0 aliphatic rings. The molecule has 4 N–H and O–H groups in total. The van der Waals surface area contributed by atoms with Crippen molar-refractivity contribution >= 4 is 12.0 Å². The average molecular weight is 351 g/mol. The van der Waals surface area contributed by atoms with Crippen LogP contribution in [0.1, 0.15) is 40.2 Å². The van der Waals surface area contributed by atoms with Gasteiger partial charge in [-0.05, 0) is 32.8 Å². The molecule has 7 heteroatoms. The summed E-state index contributed by atoms with van der Waals surface area (Å²) in [7, 11) is 0. The Morgan fingerprint density at radius 2 is 1.84 bits per heavy atom. The van der Waals surface area contributed by atoms with E-state index in [0.29, 0.717) is 5.75 Å². The number of amides is 2. The zero-order valence-electron chi connectivity index (χ0n) is 15.6. The van der Waals surface area contributed by atoms with Crippen LogP contribution in [0.5, 0.6) is 5.75 Å². The lowest BCUT2D eigenvalue weighted by Gasteiger charge is -2.26. The molecular formula is C18H29N3O4. The summed E-state index contributed by atoms with van der Waals surface area (Å²) in [6.45, 7) is 9.67. The van der Waals surface area contributed by atoms with Gasteiger partial charge in [0.15, 0.2) is 0 Å². The number of benzene rings is 1. The molecule has 0 bridgehead atoms. The van der Waals surface area contributed by atoms with Crippen LogP contribution in [0.4, 0.5) is 4.79 Å². The maximum absolute atomic E-state index is 12.0. The van der Waals surface area contributed by atoms with Crippen LogP contribution in [0, 0.1) is 5.92 Å². The molecule has 0 radical (unpaired) electrons. The lowest BCUT2D eigenvalue weighted by molar-refractivity contribution is -0.120. The Hall–Kier alpha value is -2.28. The van der Waals surface area contributed by atoms with E-state index in [-0.39, 0.29) is 30.9 Å². The van der Waals surface area contributed by atoms with Gasteiger partial charge in [-0.1, -0.05) is 32.0 Å². The van der Waals surface area contributed by atoms with Gasteiger partial charge in [-0.25, -0.2) is 10.6 Å². The van der Waals surface area contributed by atoms with Crippen LogP contribution < -0.4 is 21.3 Å². The number of hydrogen-bond acceptors (Lipinski definition) is 5. The Kier molecular flexibility index (Phi) is 7.70. The molecule has 1 aromatic carbocycles. The van der Waals surface area contributed by atoms with Crippen LogP contribution in [0.2, 0.25) is 0 Å². The Labute approximate surface area is 149 Å². The Morgan fingerprint density at radius 3 is 2.40 bits per heavy atom. The summed E-state index contributed by atoms with van der Waals surface area (Å²) in [5, 5.41) is 2.83. The fourth-order valence-corrected chi connectivity index (χ4v) is 2.05. The number of nitrogens with one attached hydrogen (secondary N) is 2. The number of para-hydroxylation sites is 1. The minimum atomic E-state index is -0.561. The van der Waals surface area contributed by atoms with Gasteiger partial charge in [0, 0.05) is 5.56 Å². The second-order valence-corrected chi connectivity index (χ2v) is 7.16. The predicted molar refractivity (Wildman–Crippen MR) is 96.0 cm³/mol. The lowest BCUT2D eigenvalue weighted by Crippen LogP contribution is -2.45. The van der Waals surface area contributed by atoms with Crippen molar-refractivity contribution in [2.75, 3.05) is 6.61 Å². The largest absolute Gasteiger partial charge is 0.491 e. The molecule has 0 unspecified atom stereocenters. The van der Waals surface area contributed by atoms with E-state index >= 15 is 0 Å². The summed E-state index contributed by atoms with van der Waals surface area (Å²) < 4.78 is 11.1. The third-order valence-corrected chi connectivity index (χ3v) is 3.41. The van der Waals surface area contributed by atoms with Crippen LogP contribution in [0.3, 0.4) is 0 Å². The molecule has 0 fully saturated rings. The van der Waals surface area contributed by atoms with E-state index in [9.17, 15) is 9.59 Å². The second kappa shape index (κ2) is 9.27. The summed E-state index contributed by atoms with van der Waals surface area (Å²) >= 11 is 0. The summed E-state index contributed by atoms with van der Waals surface area (Å²) in [4.78, 5) is 23.5. The molecule has 25 heavy (non-hydrogen) atoms. The topological polar surface area (TPSA) is 103 Å². The van der Waals surface area contributed by atoms with E-state index in [4.69, 9.17) is 15.3 Å². The fraction of sp³-hybridized carbons (Fsp3) is 0.556. The lowest BCUT2D eigenvalue weighted by atomic mass is 10.1. The zero-order valence-corrected chi connectivity index (χ0v) is 15.6. The molecule has 1 rings (SSSR count). The summed E-state index contributed by atoms with van der Waals surface area (Å²) in [6.07, 6.45) is -0.357. The summed E-state index contributed by atoms with van der Waals surface area (Å²) in [6, 6.07) is 7.00. The van der Waals surface area contributed by atoms with Crippen molar-refractivity contribution in [3.63, 3.8) is 0 Å². The molecule has 0 heterocycles. The highest BCUT2D eigenvalue weighted by molar-refractivity contribution is 5.78. The number of ether oxygens (including phenoxy) is 2. The molecule has 0 saturated heterocycles. The van der Waals surface area contributed by atoms with Crippen molar-refractivity contribution in [2.24, 2.45) is 11.8 Å². The van der Waals surface area contributed by atoms with Crippen LogP contribution in [-0.2, 0) is 16.0 Å². The number of hydrazine groups is 1. The van der Waals surface area contributed by atoms with Gasteiger partial charge >= 0.3 is 6.09 Å². The molecule has 0 spiro atoms. The predicted octanol–water partition coefficient (Wildman–Crippen LogP) is 2.15. The van der Waals surface area contributed by atoms with Gasteiger partial charge in [-0.15, -0.1) is 0 Å². The highest BCUT2D eigenvalue weighted by atomic mass is 16.6. The molecule has 0 aliphatic carbocycles. The molecule has 2 amide bonds. The highest BCUT2D eigenvalue weighted by Gasteiger charge is 2.22. The number of nitrogens with two attached hydrogens (primary N) is 1. The summed E-state index contributed by atoms with van der Waals surface area (Å²) in [5.74, 6) is 5.56. The highest BCUT2D eigenvalue weighted by Crippen LogP contribution is 2.19. The van der Waals surface area contributed by atoms with Crippen molar-refractivity contribution < 1.29 is 19.1 Å². The van der Waals surface area contributed by atoms with Gasteiger partial charge < -0.3 is 14.8 Å². The first-order chi connectivity index (χ1) is 11.6. The van der Waals surface area contributed by atoms with Crippen molar-refractivity contribution in [3.8, 4) is 5.75 Å². The van der Waals surface area contributed by atoms with Gasteiger partial charge in [-0.3, -0.25) is 10.2 Å². The van der Waals surface area contributed by atoms with Crippen molar-refractivity contribution in [2.45, 2.75) is 52.7 Å². The smallest absolute Gasteiger partial charge is 0.407 e. The molecule has 0 saturated carbocycles. The minimum Gasteiger partial charge on any atom is -0.491 e. The maximum atomic E-state index is 12.0. The van der Waals surface area contributed by atoms with Gasteiger partial charge in [0.1, 0.15) is 18.0 Å². The molecule has 140 valence electrons. The summed E-state index contributed by atoms with van der Waals surface area (Å²) in [5.41, 5.74) is 2.27. The van der Waals surface area contributed by atoms with Gasteiger partial charge in [0.25, 0.3) is 0 Å². The standard InChI is InChI=1S/C18H29N3O4/c1-12(2)14(20-17(23)25-18(3,4)5)11-24-15-9-7-6-8-13(15)10-16(22)21-19/h6-9,12,14H,10-11,19H2,1-5H3,(H,20,23)(H,21,22)/t14-/m1/s1. The fourth-order valence-electron chi connectivity index (χ4n) is 2.05. The van der Waals surface area contributed by atoms with Crippen LogP contribution in [0.25, 0.3) is 0 Å². The van der Waals surface area contributed by atoms with Crippen molar-refractivity contribution in [1.29, 1.82) is 0 Å². The number of carbonyl (C=O) groups excluding carboxylic acids is 2. The van der Waals surface area contributed by atoms with E-state index in [1.165, 1.54) is 0 Å². The Bertz CT molecular complexity index is 582. The Balaban J connectivity index is 2.72. The normalized spacial score (nSPS) is 12.4. The molecule has 1 atom stereocenters. The molecule has 1 aromatic rings. The first kappa shape index (κ1) is 20.8. The first-order valence-electron chi connectivity index (χ1n) is 8.32. The van der Waals surface area contributed by atoms with E-state index in [2.05, 4.69) is 10.7 Å². The van der Waals surface area contributed by atoms with E-state index in [1.807, 2.05) is 46.8 Å². The van der Waals surface area contributed by atoms with Crippen molar-refractivity contribution in [3.05, 3.63) is 29.8 Å². The number of alkyl carbamates (subject to hydrolysis) is 1.